The van der Waals surface area contributed by atoms with E-state index in [0.29, 0.717) is 12.0 Å². The van der Waals surface area contributed by atoms with Gasteiger partial charge in [0.15, 0.2) is 0 Å². The summed E-state index contributed by atoms with van der Waals surface area (Å²) in [6.07, 6.45) is 4.15. The van der Waals surface area contributed by atoms with Crippen LogP contribution < -0.4 is 5.32 Å². The van der Waals surface area contributed by atoms with Crippen molar-refractivity contribution in [3.8, 4) is 0 Å². The molecule has 0 spiro atoms. The molecule has 4 heteroatoms. The number of halogens is 1. The standard InChI is InChI=1S/C13H24ClN3/c1-5-8-10(4)12(15-6-2)13-11(14)9-16-17(13)7-3/h9-10,12,15H,5-8H2,1-4H3. The minimum Gasteiger partial charge on any atom is -0.309 e. The lowest BCUT2D eigenvalue weighted by Gasteiger charge is -2.25. The van der Waals surface area contributed by atoms with E-state index in [1.54, 1.807) is 6.20 Å². The average Bonchev–Trinajstić information content (AvgIpc) is 2.67. The summed E-state index contributed by atoms with van der Waals surface area (Å²) in [7, 11) is 0. The van der Waals surface area contributed by atoms with E-state index in [9.17, 15) is 0 Å². The van der Waals surface area contributed by atoms with E-state index in [2.05, 4.69) is 38.1 Å². The lowest BCUT2D eigenvalue weighted by molar-refractivity contribution is 0.348. The molecule has 3 nitrogen and oxygen atoms in total. The van der Waals surface area contributed by atoms with E-state index < -0.39 is 0 Å². The topological polar surface area (TPSA) is 29.9 Å². The molecule has 0 aliphatic heterocycles. The maximum Gasteiger partial charge on any atom is 0.0834 e. The van der Waals surface area contributed by atoms with E-state index in [-0.39, 0.29) is 0 Å². The van der Waals surface area contributed by atoms with Crippen molar-refractivity contribution in [1.29, 1.82) is 0 Å². The first kappa shape index (κ1) is 14.5. The number of hydrogen-bond donors (Lipinski definition) is 1. The summed E-state index contributed by atoms with van der Waals surface area (Å²) in [5.41, 5.74) is 1.14. The number of nitrogens with zero attached hydrogens (tertiary/aromatic N) is 2. The predicted molar refractivity (Wildman–Crippen MR) is 73.4 cm³/mol. The number of rotatable bonds is 7. The number of hydrogen-bond acceptors (Lipinski definition) is 2. The van der Waals surface area contributed by atoms with Gasteiger partial charge in [0.1, 0.15) is 0 Å². The third-order valence-electron chi connectivity index (χ3n) is 3.16. The molecule has 1 aromatic rings. The second kappa shape index (κ2) is 7.02. The Kier molecular flexibility index (Phi) is 6.00. The molecule has 0 saturated carbocycles. The van der Waals surface area contributed by atoms with Crippen LogP contribution in [0.1, 0.15) is 52.3 Å². The van der Waals surface area contributed by atoms with Crippen molar-refractivity contribution in [2.24, 2.45) is 5.92 Å². The van der Waals surface area contributed by atoms with Gasteiger partial charge in [-0.3, -0.25) is 4.68 Å². The van der Waals surface area contributed by atoms with Crippen molar-refractivity contribution in [3.63, 3.8) is 0 Å². The van der Waals surface area contributed by atoms with E-state index in [4.69, 9.17) is 11.6 Å². The first-order valence-corrected chi connectivity index (χ1v) is 6.97. The van der Waals surface area contributed by atoms with Gasteiger partial charge in [0.25, 0.3) is 0 Å². The zero-order chi connectivity index (χ0) is 12.8. The monoisotopic (exact) mass is 257 g/mol. The molecule has 1 rings (SSSR count). The molecule has 1 heterocycles. The fraction of sp³-hybridized carbons (Fsp3) is 0.769. The first-order valence-electron chi connectivity index (χ1n) is 6.60. The van der Waals surface area contributed by atoms with Crippen molar-refractivity contribution in [2.75, 3.05) is 6.54 Å². The summed E-state index contributed by atoms with van der Waals surface area (Å²) < 4.78 is 2.00. The Morgan fingerprint density at radius 1 is 1.41 bits per heavy atom. The minimum atomic E-state index is 0.301. The molecule has 0 fully saturated rings. The maximum atomic E-state index is 6.28. The number of nitrogens with one attached hydrogen (secondary N) is 1. The van der Waals surface area contributed by atoms with E-state index >= 15 is 0 Å². The Balaban J connectivity index is 2.99. The van der Waals surface area contributed by atoms with Crippen LogP contribution >= 0.6 is 11.6 Å². The zero-order valence-electron chi connectivity index (χ0n) is 11.3. The SMILES string of the molecule is CCCC(C)C(NCC)c1c(Cl)cnn1CC. The third kappa shape index (κ3) is 3.46. The largest absolute Gasteiger partial charge is 0.309 e. The zero-order valence-corrected chi connectivity index (χ0v) is 12.1. The number of aryl methyl sites for hydroxylation is 1. The van der Waals surface area contributed by atoms with Gasteiger partial charge in [0.2, 0.25) is 0 Å². The molecule has 0 aromatic carbocycles. The van der Waals surface area contributed by atoms with Crippen LogP contribution in [-0.2, 0) is 6.54 Å². The van der Waals surface area contributed by atoms with Gasteiger partial charge in [0, 0.05) is 6.54 Å². The third-order valence-corrected chi connectivity index (χ3v) is 3.46. The highest BCUT2D eigenvalue weighted by Gasteiger charge is 2.24. The van der Waals surface area contributed by atoms with Gasteiger partial charge in [-0.2, -0.15) is 5.10 Å². The van der Waals surface area contributed by atoms with Crippen LogP contribution in [0.5, 0.6) is 0 Å². The summed E-state index contributed by atoms with van der Waals surface area (Å²) in [4.78, 5) is 0. The van der Waals surface area contributed by atoms with Crippen LogP contribution in [-0.4, -0.2) is 16.3 Å². The van der Waals surface area contributed by atoms with Crippen LogP contribution in [0.4, 0.5) is 0 Å². The Morgan fingerprint density at radius 3 is 2.65 bits per heavy atom. The lowest BCUT2D eigenvalue weighted by atomic mass is 9.94. The van der Waals surface area contributed by atoms with Crippen molar-refractivity contribution in [2.45, 2.75) is 53.1 Å². The lowest BCUT2D eigenvalue weighted by Crippen LogP contribution is -2.29. The first-order chi connectivity index (χ1) is 8.15. The van der Waals surface area contributed by atoms with E-state index in [0.717, 1.165) is 23.8 Å². The molecule has 0 bridgehead atoms. The summed E-state index contributed by atoms with van der Waals surface area (Å²) >= 11 is 6.28. The average molecular weight is 258 g/mol. The van der Waals surface area contributed by atoms with Crippen LogP contribution in [0.2, 0.25) is 5.02 Å². The molecule has 17 heavy (non-hydrogen) atoms. The second-order valence-corrected chi connectivity index (χ2v) is 4.90. The Hall–Kier alpha value is -0.540. The normalized spacial score (nSPS) is 14.9. The molecule has 0 aliphatic carbocycles. The van der Waals surface area contributed by atoms with Gasteiger partial charge in [-0.1, -0.05) is 38.8 Å². The van der Waals surface area contributed by atoms with Crippen LogP contribution in [0.3, 0.4) is 0 Å². The van der Waals surface area contributed by atoms with Crippen molar-refractivity contribution in [1.82, 2.24) is 15.1 Å². The summed E-state index contributed by atoms with van der Waals surface area (Å²) in [6, 6.07) is 0.301. The Morgan fingerprint density at radius 2 is 2.12 bits per heavy atom. The Bertz CT molecular complexity index is 335. The van der Waals surface area contributed by atoms with E-state index in [1.165, 1.54) is 12.8 Å². The molecule has 1 aromatic heterocycles. The second-order valence-electron chi connectivity index (χ2n) is 4.49. The van der Waals surface area contributed by atoms with Gasteiger partial charge < -0.3 is 5.32 Å². The molecule has 2 atom stereocenters. The van der Waals surface area contributed by atoms with Gasteiger partial charge in [-0.25, -0.2) is 0 Å². The van der Waals surface area contributed by atoms with Gasteiger partial charge in [-0.05, 0) is 25.8 Å². The Labute approximate surface area is 110 Å². The molecular formula is C13H24ClN3. The highest BCUT2D eigenvalue weighted by molar-refractivity contribution is 6.31. The molecule has 2 unspecified atom stereocenters. The summed E-state index contributed by atoms with van der Waals surface area (Å²) in [5, 5.41) is 8.64. The van der Waals surface area contributed by atoms with Gasteiger partial charge in [-0.15, -0.1) is 0 Å². The molecule has 1 N–H and O–H groups in total. The molecule has 0 amide bonds. The molecule has 0 aliphatic rings. The highest BCUT2D eigenvalue weighted by Crippen LogP contribution is 2.30. The minimum absolute atomic E-state index is 0.301. The summed E-state index contributed by atoms with van der Waals surface area (Å²) in [6.45, 7) is 10.5. The molecular weight excluding hydrogens is 234 g/mol. The quantitative estimate of drug-likeness (QED) is 0.808. The fourth-order valence-corrected chi connectivity index (χ4v) is 2.60. The van der Waals surface area contributed by atoms with Gasteiger partial charge >= 0.3 is 0 Å². The van der Waals surface area contributed by atoms with Crippen molar-refractivity contribution < 1.29 is 0 Å². The van der Waals surface area contributed by atoms with Crippen LogP contribution in [0.15, 0.2) is 6.20 Å². The molecule has 0 radical (unpaired) electrons. The van der Waals surface area contributed by atoms with E-state index in [1.807, 2.05) is 4.68 Å². The number of aromatic nitrogens is 2. The van der Waals surface area contributed by atoms with Crippen molar-refractivity contribution >= 4 is 11.6 Å². The smallest absolute Gasteiger partial charge is 0.0834 e. The van der Waals surface area contributed by atoms with Crippen molar-refractivity contribution in [3.05, 3.63) is 16.9 Å². The maximum absolute atomic E-state index is 6.28. The predicted octanol–water partition coefficient (Wildman–Crippen LogP) is 3.64. The van der Waals surface area contributed by atoms with Crippen LogP contribution in [0, 0.1) is 5.92 Å². The van der Waals surface area contributed by atoms with Crippen LogP contribution in [0.25, 0.3) is 0 Å². The highest BCUT2D eigenvalue weighted by atomic mass is 35.5. The molecule has 0 saturated heterocycles. The van der Waals surface area contributed by atoms with Gasteiger partial charge in [0.05, 0.1) is 23.0 Å². The molecule has 98 valence electrons. The summed E-state index contributed by atoms with van der Waals surface area (Å²) in [5.74, 6) is 0.569. The fourth-order valence-electron chi connectivity index (χ4n) is 2.34.